The molecule has 1 fully saturated rings. The van der Waals surface area contributed by atoms with Crippen LogP contribution in [0.2, 0.25) is 0 Å². The van der Waals surface area contributed by atoms with Gasteiger partial charge in [-0.25, -0.2) is 4.79 Å². The fraction of sp³-hybridized carbons (Fsp3) is 0.190. The molecule has 0 aliphatic carbocycles. The van der Waals surface area contributed by atoms with E-state index in [0.717, 1.165) is 5.56 Å². The topological polar surface area (TPSA) is 76.1 Å². The summed E-state index contributed by atoms with van der Waals surface area (Å²) in [6.45, 7) is 3.82. The van der Waals surface area contributed by atoms with Gasteiger partial charge in [-0.3, -0.25) is 9.69 Å². The molecule has 1 atom stereocenters. The summed E-state index contributed by atoms with van der Waals surface area (Å²) in [6, 6.07) is 14.1. The Morgan fingerprint density at radius 3 is 2.59 bits per heavy atom. The lowest BCUT2D eigenvalue weighted by Crippen LogP contribution is -2.28. The van der Waals surface area contributed by atoms with Crippen molar-refractivity contribution in [2.24, 2.45) is 0 Å². The Kier molecular flexibility index (Phi) is 6.56. The van der Waals surface area contributed by atoms with Crippen LogP contribution in [0.3, 0.4) is 0 Å². The van der Waals surface area contributed by atoms with Crippen LogP contribution in [0.5, 0.6) is 11.5 Å². The molecule has 150 valence electrons. The fourth-order valence-corrected chi connectivity index (χ4v) is 3.93. The third kappa shape index (κ3) is 4.78. The molecule has 1 aliphatic heterocycles. The van der Waals surface area contributed by atoms with E-state index >= 15 is 0 Å². The molecule has 1 unspecified atom stereocenters. The number of thiocarbonyl (C=S) groups is 1. The van der Waals surface area contributed by atoms with E-state index in [4.69, 9.17) is 26.8 Å². The first-order chi connectivity index (χ1) is 13.9. The molecule has 29 heavy (non-hydrogen) atoms. The number of hydrogen-bond acceptors (Lipinski definition) is 6. The molecule has 1 saturated heterocycles. The molecular weight excluding hydrogens is 410 g/mol. The molecule has 6 nitrogen and oxygen atoms in total. The summed E-state index contributed by atoms with van der Waals surface area (Å²) < 4.78 is 11.4. The first-order valence-electron chi connectivity index (χ1n) is 8.90. The average molecular weight is 430 g/mol. The van der Waals surface area contributed by atoms with E-state index in [1.165, 1.54) is 23.6 Å². The van der Waals surface area contributed by atoms with Gasteiger partial charge in [0.2, 0.25) is 0 Å². The van der Waals surface area contributed by atoms with E-state index < -0.39 is 12.1 Å². The number of nitrogens with zero attached hydrogens (tertiary/aromatic N) is 1. The summed E-state index contributed by atoms with van der Waals surface area (Å²) >= 11 is 6.65. The Bertz CT molecular complexity index is 971. The summed E-state index contributed by atoms with van der Waals surface area (Å²) in [6.07, 6.45) is 0.801. The number of carbonyl (C=O) groups excluding carboxylic acids is 1. The van der Waals surface area contributed by atoms with Gasteiger partial charge in [0.05, 0.1) is 17.2 Å². The molecule has 1 amide bonds. The first kappa shape index (κ1) is 20.9. The number of carboxylic acid groups (broad SMARTS) is 1. The maximum Gasteiger partial charge on any atom is 0.344 e. The second-order valence-electron chi connectivity index (χ2n) is 6.09. The standard InChI is InChI=1S/C21H19NO5S2/c1-3-26-17-7-5-4-6-16(17)22-19(23)18(29-21(22)28)12-14-8-10-15(11-9-14)27-13(2)20(24)25/h4-13H,3H2,1-2H3,(H,24,25)/b18-12+. The highest BCUT2D eigenvalue weighted by Gasteiger charge is 2.34. The Morgan fingerprint density at radius 2 is 1.93 bits per heavy atom. The molecule has 2 aromatic carbocycles. The molecule has 0 radical (unpaired) electrons. The lowest BCUT2D eigenvalue weighted by Gasteiger charge is -2.18. The molecule has 2 aromatic rings. The van der Waals surface area contributed by atoms with Crippen molar-refractivity contribution in [1.29, 1.82) is 0 Å². The molecule has 1 N–H and O–H groups in total. The van der Waals surface area contributed by atoms with Crippen LogP contribution < -0.4 is 14.4 Å². The van der Waals surface area contributed by atoms with Gasteiger partial charge in [-0.15, -0.1) is 0 Å². The van der Waals surface area contributed by atoms with Gasteiger partial charge in [-0.1, -0.05) is 48.2 Å². The van der Waals surface area contributed by atoms with Gasteiger partial charge in [0, 0.05) is 0 Å². The zero-order chi connectivity index (χ0) is 21.0. The maximum absolute atomic E-state index is 13.0. The second-order valence-corrected chi connectivity index (χ2v) is 7.76. The largest absolute Gasteiger partial charge is 0.492 e. The monoisotopic (exact) mass is 429 g/mol. The van der Waals surface area contributed by atoms with Crippen LogP contribution in [0.4, 0.5) is 5.69 Å². The number of amides is 1. The number of anilines is 1. The molecule has 1 aliphatic rings. The number of rotatable bonds is 7. The quantitative estimate of drug-likeness (QED) is 0.518. The van der Waals surface area contributed by atoms with Crippen molar-refractivity contribution >= 4 is 51.9 Å². The van der Waals surface area contributed by atoms with E-state index in [1.54, 1.807) is 42.5 Å². The van der Waals surface area contributed by atoms with E-state index in [1.807, 2.05) is 19.1 Å². The van der Waals surface area contributed by atoms with Gasteiger partial charge in [0.15, 0.2) is 10.4 Å². The molecular formula is C21H19NO5S2. The minimum Gasteiger partial charge on any atom is -0.492 e. The zero-order valence-electron chi connectivity index (χ0n) is 15.8. The van der Waals surface area contributed by atoms with Crippen LogP contribution in [-0.4, -0.2) is 34.0 Å². The summed E-state index contributed by atoms with van der Waals surface area (Å²) in [5.74, 6) is -0.214. The van der Waals surface area contributed by atoms with Crippen molar-refractivity contribution < 1.29 is 24.2 Å². The predicted molar refractivity (Wildman–Crippen MR) is 117 cm³/mol. The highest BCUT2D eigenvalue weighted by atomic mass is 32.2. The first-order valence-corrected chi connectivity index (χ1v) is 10.1. The minimum absolute atomic E-state index is 0.216. The van der Waals surface area contributed by atoms with E-state index in [2.05, 4.69) is 0 Å². The Balaban J connectivity index is 1.81. The zero-order valence-corrected chi connectivity index (χ0v) is 17.5. The predicted octanol–water partition coefficient (Wildman–Crippen LogP) is 4.34. The van der Waals surface area contributed by atoms with Gasteiger partial charge in [-0.2, -0.15) is 0 Å². The number of ether oxygens (including phenoxy) is 2. The summed E-state index contributed by atoms with van der Waals surface area (Å²) in [4.78, 5) is 25.8. The van der Waals surface area contributed by atoms with Crippen molar-refractivity contribution in [2.45, 2.75) is 20.0 Å². The molecule has 3 rings (SSSR count). The van der Waals surface area contributed by atoms with E-state index in [-0.39, 0.29) is 5.91 Å². The van der Waals surface area contributed by atoms with Crippen molar-refractivity contribution in [3.8, 4) is 11.5 Å². The Labute approximate surface area is 178 Å². The molecule has 8 heteroatoms. The van der Waals surface area contributed by atoms with Crippen molar-refractivity contribution in [2.75, 3.05) is 11.5 Å². The second kappa shape index (κ2) is 9.11. The van der Waals surface area contributed by atoms with E-state index in [9.17, 15) is 9.59 Å². The normalized spacial score (nSPS) is 16.2. The number of thioether (sulfide) groups is 1. The molecule has 0 spiro atoms. The van der Waals surface area contributed by atoms with Gasteiger partial charge in [0.25, 0.3) is 5.91 Å². The van der Waals surface area contributed by atoms with Gasteiger partial charge in [0.1, 0.15) is 11.5 Å². The lowest BCUT2D eigenvalue weighted by atomic mass is 10.2. The van der Waals surface area contributed by atoms with Crippen LogP contribution >= 0.6 is 24.0 Å². The van der Waals surface area contributed by atoms with Crippen LogP contribution in [0.1, 0.15) is 19.4 Å². The summed E-state index contributed by atoms with van der Waals surface area (Å²) in [5, 5.41) is 8.91. The minimum atomic E-state index is -1.04. The molecule has 1 heterocycles. The number of carboxylic acids is 1. The highest BCUT2D eigenvalue weighted by molar-refractivity contribution is 8.27. The van der Waals surface area contributed by atoms with Crippen LogP contribution in [0, 0.1) is 0 Å². The van der Waals surface area contributed by atoms with Crippen molar-refractivity contribution in [1.82, 2.24) is 0 Å². The Morgan fingerprint density at radius 1 is 1.24 bits per heavy atom. The van der Waals surface area contributed by atoms with Crippen molar-refractivity contribution in [3.63, 3.8) is 0 Å². The van der Waals surface area contributed by atoms with Gasteiger partial charge < -0.3 is 14.6 Å². The summed E-state index contributed by atoms with van der Waals surface area (Å²) in [5.41, 5.74) is 1.39. The maximum atomic E-state index is 13.0. The number of hydrogen-bond donors (Lipinski definition) is 1. The van der Waals surface area contributed by atoms with Gasteiger partial charge in [-0.05, 0) is 49.8 Å². The van der Waals surface area contributed by atoms with Gasteiger partial charge >= 0.3 is 5.97 Å². The lowest BCUT2D eigenvalue weighted by molar-refractivity contribution is -0.144. The van der Waals surface area contributed by atoms with Crippen LogP contribution in [-0.2, 0) is 9.59 Å². The van der Waals surface area contributed by atoms with Crippen LogP contribution in [0.15, 0.2) is 53.4 Å². The molecule has 0 aromatic heterocycles. The molecule has 0 saturated carbocycles. The SMILES string of the molecule is CCOc1ccccc1N1C(=O)/C(=C\c2ccc(OC(C)C(=O)O)cc2)SC1=S. The number of aliphatic carboxylic acids is 1. The number of para-hydroxylation sites is 2. The summed E-state index contributed by atoms with van der Waals surface area (Å²) in [7, 11) is 0. The molecule has 0 bridgehead atoms. The van der Waals surface area contributed by atoms with Crippen molar-refractivity contribution in [3.05, 3.63) is 59.0 Å². The number of benzene rings is 2. The smallest absolute Gasteiger partial charge is 0.344 e. The average Bonchev–Trinajstić information content (AvgIpc) is 2.97. The Hall–Kier alpha value is -2.84. The van der Waals surface area contributed by atoms with Crippen LogP contribution in [0.25, 0.3) is 6.08 Å². The highest BCUT2D eigenvalue weighted by Crippen LogP contribution is 2.39. The third-order valence-electron chi connectivity index (χ3n) is 4.04. The third-order valence-corrected chi connectivity index (χ3v) is 5.34. The van der Waals surface area contributed by atoms with E-state index in [0.29, 0.717) is 33.0 Å². The number of carbonyl (C=O) groups is 2. The fourth-order valence-electron chi connectivity index (χ4n) is 2.64.